The van der Waals surface area contributed by atoms with Crippen molar-refractivity contribution in [3.8, 4) is 17.1 Å². The SMILES string of the molecule is O=C(O)c1cc(COc2ccc(-c3[nH]ncc3Cl)nc2)ccn1. The van der Waals surface area contributed by atoms with Crippen LogP contribution >= 0.6 is 11.6 Å². The summed E-state index contributed by atoms with van der Waals surface area (Å²) < 4.78 is 5.59. The van der Waals surface area contributed by atoms with Gasteiger partial charge in [-0.05, 0) is 29.8 Å². The number of nitrogens with one attached hydrogen (secondary N) is 1. The van der Waals surface area contributed by atoms with E-state index < -0.39 is 5.97 Å². The van der Waals surface area contributed by atoms with Gasteiger partial charge >= 0.3 is 5.97 Å². The van der Waals surface area contributed by atoms with E-state index in [9.17, 15) is 4.79 Å². The fourth-order valence-electron chi connectivity index (χ4n) is 1.91. The molecule has 0 aromatic carbocycles. The maximum atomic E-state index is 10.9. The van der Waals surface area contributed by atoms with Gasteiger partial charge in [-0.2, -0.15) is 5.10 Å². The van der Waals surface area contributed by atoms with Crippen LogP contribution in [0, 0.1) is 0 Å². The van der Waals surface area contributed by atoms with E-state index >= 15 is 0 Å². The van der Waals surface area contributed by atoms with Crippen LogP contribution in [0.15, 0.2) is 42.9 Å². The third-order valence-corrected chi connectivity index (χ3v) is 3.32. The average Bonchev–Trinajstić information content (AvgIpc) is 3.00. The smallest absolute Gasteiger partial charge is 0.354 e. The number of nitrogens with zero attached hydrogens (tertiary/aromatic N) is 3. The van der Waals surface area contributed by atoms with Crippen molar-refractivity contribution < 1.29 is 14.6 Å². The van der Waals surface area contributed by atoms with Crippen molar-refractivity contribution in [2.75, 3.05) is 0 Å². The van der Waals surface area contributed by atoms with Gasteiger partial charge < -0.3 is 9.84 Å². The van der Waals surface area contributed by atoms with Crippen LogP contribution in [-0.2, 0) is 6.61 Å². The molecule has 0 radical (unpaired) electrons. The molecule has 0 atom stereocenters. The highest BCUT2D eigenvalue weighted by atomic mass is 35.5. The van der Waals surface area contributed by atoms with Gasteiger partial charge in [0, 0.05) is 6.20 Å². The Hall–Kier alpha value is -2.93. The van der Waals surface area contributed by atoms with Crippen LogP contribution in [-0.4, -0.2) is 31.2 Å². The second-order valence-electron chi connectivity index (χ2n) is 4.62. The number of halogens is 1. The number of ether oxygens (including phenoxy) is 1. The summed E-state index contributed by atoms with van der Waals surface area (Å²) >= 11 is 5.98. The fourth-order valence-corrected chi connectivity index (χ4v) is 2.10. The predicted molar refractivity (Wildman–Crippen MR) is 82.4 cm³/mol. The molecule has 2 N–H and O–H groups in total. The number of carboxylic acids is 1. The van der Waals surface area contributed by atoms with E-state index in [-0.39, 0.29) is 12.3 Å². The normalized spacial score (nSPS) is 10.5. The first kappa shape index (κ1) is 15.0. The summed E-state index contributed by atoms with van der Waals surface area (Å²) in [5, 5.41) is 16.0. The second kappa shape index (κ2) is 6.45. The molecule has 0 aliphatic carbocycles. The lowest BCUT2D eigenvalue weighted by Gasteiger charge is -2.07. The summed E-state index contributed by atoms with van der Waals surface area (Å²) in [4.78, 5) is 18.9. The Bertz CT molecular complexity index is 833. The molecule has 0 unspecified atom stereocenters. The van der Waals surface area contributed by atoms with Gasteiger partial charge in [0.15, 0.2) is 0 Å². The molecule has 3 heterocycles. The van der Waals surface area contributed by atoms with E-state index in [1.54, 1.807) is 24.4 Å². The Labute approximate surface area is 135 Å². The fraction of sp³-hybridized carbons (Fsp3) is 0.0667. The van der Waals surface area contributed by atoms with Crippen molar-refractivity contribution in [2.24, 2.45) is 0 Å². The van der Waals surface area contributed by atoms with Crippen LogP contribution in [0.2, 0.25) is 5.02 Å². The first-order chi connectivity index (χ1) is 11.1. The number of H-pyrrole nitrogens is 1. The van der Waals surface area contributed by atoms with Crippen molar-refractivity contribution in [3.05, 3.63) is 59.1 Å². The first-order valence-corrected chi connectivity index (χ1v) is 6.97. The Morgan fingerprint density at radius 1 is 1.26 bits per heavy atom. The van der Waals surface area contributed by atoms with Crippen LogP contribution in [0.25, 0.3) is 11.4 Å². The highest BCUT2D eigenvalue weighted by molar-refractivity contribution is 6.32. The molecule has 7 nitrogen and oxygen atoms in total. The standard InChI is InChI=1S/C15H11ClN4O3/c16-11-7-19-20-14(11)12-2-1-10(6-18-12)23-8-9-3-4-17-13(5-9)15(21)22/h1-7H,8H2,(H,19,20)(H,21,22). The molecular formula is C15H11ClN4O3. The topological polar surface area (TPSA) is 101 Å². The maximum absolute atomic E-state index is 10.9. The van der Waals surface area contributed by atoms with Gasteiger partial charge in [0.1, 0.15) is 23.7 Å². The van der Waals surface area contributed by atoms with Gasteiger partial charge in [0.2, 0.25) is 0 Å². The molecule has 0 saturated carbocycles. The molecule has 0 aliphatic heterocycles. The maximum Gasteiger partial charge on any atom is 0.354 e. The molecule has 8 heteroatoms. The van der Waals surface area contributed by atoms with Gasteiger partial charge in [-0.3, -0.25) is 10.1 Å². The van der Waals surface area contributed by atoms with Gasteiger partial charge in [-0.15, -0.1) is 0 Å². The molecule has 0 spiro atoms. The molecule has 0 fully saturated rings. The van der Waals surface area contributed by atoms with Crippen LogP contribution in [0.1, 0.15) is 16.1 Å². The summed E-state index contributed by atoms with van der Waals surface area (Å²) in [5.74, 6) is -0.521. The van der Waals surface area contributed by atoms with E-state index in [1.165, 1.54) is 18.5 Å². The van der Waals surface area contributed by atoms with Crippen molar-refractivity contribution in [2.45, 2.75) is 6.61 Å². The highest BCUT2D eigenvalue weighted by Gasteiger charge is 2.08. The predicted octanol–water partition coefficient (Wildman–Crippen LogP) is 2.80. The number of hydrogen-bond acceptors (Lipinski definition) is 5. The quantitative estimate of drug-likeness (QED) is 0.746. The largest absolute Gasteiger partial charge is 0.487 e. The zero-order valence-corrected chi connectivity index (χ0v) is 12.5. The van der Waals surface area contributed by atoms with Gasteiger partial charge in [-0.25, -0.2) is 9.78 Å². The minimum atomic E-state index is -1.07. The Morgan fingerprint density at radius 3 is 2.78 bits per heavy atom. The number of hydrogen-bond donors (Lipinski definition) is 2. The van der Waals surface area contributed by atoms with Crippen molar-refractivity contribution in [1.29, 1.82) is 0 Å². The lowest BCUT2D eigenvalue weighted by Crippen LogP contribution is -2.03. The van der Waals surface area contributed by atoms with E-state index in [0.29, 0.717) is 27.7 Å². The monoisotopic (exact) mass is 330 g/mol. The lowest BCUT2D eigenvalue weighted by molar-refractivity contribution is 0.0690. The molecule has 23 heavy (non-hydrogen) atoms. The summed E-state index contributed by atoms with van der Waals surface area (Å²) in [6.07, 6.45) is 4.50. The van der Waals surface area contributed by atoms with Crippen LogP contribution in [0.5, 0.6) is 5.75 Å². The molecule has 0 amide bonds. The molecule has 3 rings (SSSR count). The van der Waals surface area contributed by atoms with Crippen LogP contribution in [0.3, 0.4) is 0 Å². The Balaban J connectivity index is 1.68. The minimum absolute atomic E-state index is 0.0199. The van der Waals surface area contributed by atoms with E-state index in [1.807, 2.05) is 0 Å². The minimum Gasteiger partial charge on any atom is -0.487 e. The lowest BCUT2D eigenvalue weighted by atomic mass is 10.2. The van der Waals surface area contributed by atoms with Crippen molar-refractivity contribution in [3.63, 3.8) is 0 Å². The second-order valence-corrected chi connectivity index (χ2v) is 5.02. The highest BCUT2D eigenvalue weighted by Crippen LogP contribution is 2.24. The third-order valence-electron chi connectivity index (χ3n) is 3.03. The van der Waals surface area contributed by atoms with E-state index in [4.69, 9.17) is 21.4 Å². The molecule has 3 aromatic rings. The zero-order valence-electron chi connectivity index (χ0n) is 11.7. The van der Waals surface area contributed by atoms with Gasteiger partial charge in [0.25, 0.3) is 0 Å². The zero-order chi connectivity index (χ0) is 16.2. The number of rotatable bonds is 5. The molecule has 116 valence electrons. The van der Waals surface area contributed by atoms with E-state index in [2.05, 4.69) is 20.2 Å². The molecule has 0 bridgehead atoms. The number of aromatic nitrogens is 4. The van der Waals surface area contributed by atoms with Gasteiger partial charge in [-0.1, -0.05) is 11.6 Å². The van der Waals surface area contributed by atoms with Crippen LogP contribution < -0.4 is 4.74 Å². The molecule has 3 aromatic heterocycles. The van der Waals surface area contributed by atoms with Crippen molar-refractivity contribution in [1.82, 2.24) is 20.2 Å². The Morgan fingerprint density at radius 2 is 2.13 bits per heavy atom. The van der Waals surface area contributed by atoms with E-state index in [0.717, 1.165) is 0 Å². The van der Waals surface area contributed by atoms with Gasteiger partial charge in [0.05, 0.1) is 23.1 Å². The number of carbonyl (C=O) groups is 1. The number of carboxylic acid groups (broad SMARTS) is 1. The molecule has 0 aliphatic rings. The number of aromatic carboxylic acids is 1. The summed E-state index contributed by atoms with van der Waals surface area (Å²) in [7, 11) is 0. The number of aromatic amines is 1. The summed E-state index contributed by atoms with van der Waals surface area (Å²) in [5.41, 5.74) is 1.97. The Kier molecular flexibility index (Phi) is 4.20. The summed E-state index contributed by atoms with van der Waals surface area (Å²) in [6, 6.07) is 6.66. The molecular weight excluding hydrogens is 320 g/mol. The van der Waals surface area contributed by atoms with Crippen molar-refractivity contribution >= 4 is 17.6 Å². The first-order valence-electron chi connectivity index (χ1n) is 6.60. The molecule has 0 saturated heterocycles. The summed E-state index contributed by atoms with van der Waals surface area (Å²) in [6.45, 7) is 0.217. The number of pyridine rings is 2. The third kappa shape index (κ3) is 3.46. The van der Waals surface area contributed by atoms with Crippen LogP contribution in [0.4, 0.5) is 0 Å². The average molecular weight is 331 g/mol.